The Balaban J connectivity index is 2.17. The molecule has 1 fully saturated rings. The van der Waals surface area contributed by atoms with Crippen molar-refractivity contribution in [1.29, 1.82) is 0 Å². The zero-order chi connectivity index (χ0) is 11.8. The molecule has 0 amide bonds. The fraction of sp³-hybridized carbons (Fsp3) is 0.571. The molecule has 1 atom stereocenters. The van der Waals surface area contributed by atoms with Gasteiger partial charge in [0.1, 0.15) is 0 Å². The summed E-state index contributed by atoms with van der Waals surface area (Å²) in [5.74, 6) is 0. The van der Waals surface area contributed by atoms with Gasteiger partial charge in [0.05, 0.1) is 0 Å². The van der Waals surface area contributed by atoms with Crippen LogP contribution >= 0.6 is 0 Å². The van der Waals surface area contributed by atoms with Gasteiger partial charge in [0, 0.05) is 30.4 Å². The molecule has 0 saturated carbocycles. The summed E-state index contributed by atoms with van der Waals surface area (Å²) >= 11 is 0. The van der Waals surface area contributed by atoms with Crippen molar-refractivity contribution in [2.24, 2.45) is 0 Å². The second-order valence-corrected chi connectivity index (χ2v) is 5.65. The lowest BCUT2D eigenvalue weighted by Gasteiger charge is -2.44. The van der Waals surface area contributed by atoms with Crippen LogP contribution in [0.25, 0.3) is 0 Å². The molecule has 1 aliphatic heterocycles. The number of piperazine rings is 1. The third-order valence-electron chi connectivity index (χ3n) is 3.12. The minimum Gasteiger partial charge on any atom is -0.368 e. The normalized spacial score (nSPS) is 24.5. The quantitative estimate of drug-likeness (QED) is 0.779. The van der Waals surface area contributed by atoms with E-state index < -0.39 is 0 Å². The Kier molecular flexibility index (Phi) is 2.94. The van der Waals surface area contributed by atoms with Gasteiger partial charge in [-0.25, -0.2) is 0 Å². The number of nitrogens with zero attached hydrogens (tertiary/aromatic N) is 1. The summed E-state index contributed by atoms with van der Waals surface area (Å²) < 4.78 is 0. The molecule has 1 saturated heterocycles. The fourth-order valence-electron chi connectivity index (χ4n) is 2.58. The number of rotatable bonds is 1. The van der Waals surface area contributed by atoms with Crippen molar-refractivity contribution in [1.82, 2.24) is 5.32 Å². The van der Waals surface area contributed by atoms with E-state index in [1.165, 1.54) is 11.3 Å². The first kappa shape index (κ1) is 11.5. The number of aryl methyl sites for hydroxylation is 1. The maximum atomic E-state index is 3.63. The molecule has 0 bridgehead atoms. The average molecular weight is 218 g/mol. The summed E-state index contributed by atoms with van der Waals surface area (Å²) in [5.41, 5.74) is 2.86. The van der Waals surface area contributed by atoms with Crippen LogP contribution in [0.2, 0.25) is 0 Å². The molecular weight excluding hydrogens is 196 g/mol. The van der Waals surface area contributed by atoms with Gasteiger partial charge < -0.3 is 10.2 Å². The summed E-state index contributed by atoms with van der Waals surface area (Å²) in [4.78, 5) is 2.47. The Morgan fingerprint density at radius 1 is 1.25 bits per heavy atom. The van der Waals surface area contributed by atoms with Crippen molar-refractivity contribution in [2.75, 3.05) is 18.0 Å². The predicted octanol–water partition coefficient (Wildman–Crippen LogP) is 2.57. The van der Waals surface area contributed by atoms with E-state index in [1.807, 2.05) is 0 Å². The van der Waals surface area contributed by atoms with Gasteiger partial charge in [-0.3, -0.25) is 0 Å². The van der Waals surface area contributed by atoms with Gasteiger partial charge in [-0.2, -0.15) is 0 Å². The molecule has 16 heavy (non-hydrogen) atoms. The molecule has 1 heterocycles. The lowest BCUT2D eigenvalue weighted by atomic mass is 9.98. The molecule has 0 aliphatic carbocycles. The average Bonchev–Trinajstić information content (AvgIpc) is 2.15. The van der Waals surface area contributed by atoms with Gasteiger partial charge >= 0.3 is 0 Å². The lowest BCUT2D eigenvalue weighted by Crippen LogP contribution is -2.61. The van der Waals surface area contributed by atoms with Crippen molar-refractivity contribution in [3.05, 3.63) is 29.8 Å². The minimum atomic E-state index is 0.197. The Hall–Kier alpha value is -1.02. The third kappa shape index (κ3) is 2.56. The third-order valence-corrected chi connectivity index (χ3v) is 3.12. The number of benzene rings is 1. The minimum absolute atomic E-state index is 0.197. The smallest absolute Gasteiger partial charge is 0.0367 e. The summed E-state index contributed by atoms with van der Waals surface area (Å²) in [6, 6.07) is 9.38. The highest BCUT2D eigenvalue weighted by atomic mass is 15.2. The second-order valence-electron chi connectivity index (χ2n) is 5.65. The van der Waals surface area contributed by atoms with E-state index in [0.717, 1.165) is 13.1 Å². The fourth-order valence-corrected chi connectivity index (χ4v) is 2.58. The highest BCUT2D eigenvalue weighted by molar-refractivity contribution is 5.48. The van der Waals surface area contributed by atoms with Crippen molar-refractivity contribution in [2.45, 2.75) is 39.3 Å². The Morgan fingerprint density at radius 2 is 1.88 bits per heavy atom. The zero-order valence-electron chi connectivity index (χ0n) is 10.7. The molecule has 0 radical (unpaired) electrons. The molecular formula is C14H22N2. The van der Waals surface area contributed by atoms with Crippen LogP contribution in [0.15, 0.2) is 24.3 Å². The monoisotopic (exact) mass is 218 g/mol. The molecule has 1 aliphatic rings. The van der Waals surface area contributed by atoms with Crippen LogP contribution in [-0.2, 0) is 0 Å². The molecule has 1 aromatic rings. The van der Waals surface area contributed by atoms with E-state index in [9.17, 15) is 0 Å². The first-order valence-corrected chi connectivity index (χ1v) is 6.06. The standard InChI is InChI=1S/C14H22N2/c1-11-5-7-13(8-6-11)16-9-12(2)15-14(3,4)10-16/h5-8,12,15H,9-10H2,1-4H3. The molecule has 2 nitrogen and oxygen atoms in total. The first-order chi connectivity index (χ1) is 7.46. The van der Waals surface area contributed by atoms with E-state index in [1.54, 1.807) is 0 Å². The topological polar surface area (TPSA) is 15.3 Å². The number of hydrogen-bond donors (Lipinski definition) is 1. The maximum absolute atomic E-state index is 3.63. The summed E-state index contributed by atoms with van der Waals surface area (Å²) in [6.45, 7) is 11.1. The van der Waals surface area contributed by atoms with Gasteiger partial charge in [0.25, 0.3) is 0 Å². The van der Waals surface area contributed by atoms with E-state index in [-0.39, 0.29) is 5.54 Å². The van der Waals surface area contributed by atoms with Gasteiger partial charge in [0.2, 0.25) is 0 Å². The van der Waals surface area contributed by atoms with Crippen LogP contribution in [0.1, 0.15) is 26.3 Å². The second kappa shape index (κ2) is 4.10. The van der Waals surface area contributed by atoms with E-state index in [2.05, 4.69) is 62.2 Å². The summed E-state index contributed by atoms with van der Waals surface area (Å²) in [5, 5.41) is 3.63. The Morgan fingerprint density at radius 3 is 2.44 bits per heavy atom. The first-order valence-electron chi connectivity index (χ1n) is 6.06. The molecule has 1 aromatic carbocycles. The number of nitrogens with one attached hydrogen (secondary N) is 1. The highest BCUT2D eigenvalue weighted by Crippen LogP contribution is 2.22. The summed E-state index contributed by atoms with van der Waals surface area (Å²) in [6.07, 6.45) is 0. The molecule has 0 spiro atoms. The predicted molar refractivity (Wildman–Crippen MR) is 70.1 cm³/mol. The van der Waals surface area contributed by atoms with Gasteiger partial charge in [0.15, 0.2) is 0 Å². The number of hydrogen-bond acceptors (Lipinski definition) is 2. The highest BCUT2D eigenvalue weighted by Gasteiger charge is 2.29. The Labute approximate surface area is 98.7 Å². The van der Waals surface area contributed by atoms with Crippen LogP contribution < -0.4 is 10.2 Å². The van der Waals surface area contributed by atoms with Crippen LogP contribution in [0.5, 0.6) is 0 Å². The zero-order valence-corrected chi connectivity index (χ0v) is 10.7. The van der Waals surface area contributed by atoms with Crippen molar-refractivity contribution in [3.63, 3.8) is 0 Å². The van der Waals surface area contributed by atoms with E-state index in [4.69, 9.17) is 0 Å². The largest absolute Gasteiger partial charge is 0.368 e. The Bertz CT molecular complexity index is 354. The molecule has 1 unspecified atom stereocenters. The summed E-state index contributed by atoms with van der Waals surface area (Å²) in [7, 11) is 0. The van der Waals surface area contributed by atoms with Gasteiger partial charge in [-0.1, -0.05) is 17.7 Å². The van der Waals surface area contributed by atoms with Gasteiger partial charge in [-0.15, -0.1) is 0 Å². The van der Waals surface area contributed by atoms with Crippen LogP contribution in [-0.4, -0.2) is 24.7 Å². The van der Waals surface area contributed by atoms with Crippen LogP contribution in [0.4, 0.5) is 5.69 Å². The molecule has 2 rings (SSSR count). The molecule has 1 N–H and O–H groups in total. The van der Waals surface area contributed by atoms with Crippen molar-refractivity contribution in [3.8, 4) is 0 Å². The van der Waals surface area contributed by atoms with Crippen LogP contribution in [0, 0.1) is 6.92 Å². The number of anilines is 1. The molecule has 88 valence electrons. The van der Waals surface area contributed by atoms with E-state index in [0.29, 0.717) is 6.04 Å². The molecule has 2 heteroatoms. The van der Waals surface area contributed by atoms with E-state index >= 15 is 0 Å². The molecule has 0 aromatic heterocycles. The lowest BCUT2D eigenvalue weighted by molar-refractivity contribution is 0.301. The van der Waals surface area contributed by atoms with Gasteiger partial charge in [-0.05, 0) is 39.8 Å². The van der Waals surface area contributed by atoms with Crippen LogP contribution in [0.3, 0.4) is 0 Å². The van der Waals surface area contributed by atoms with Crippen molar-refractivity contribution >= 4 is 5.69 Å². The maximum Gasteiger partial charge on any atom is 0.0367 e. The van der Waals surface area contributed by atoms with Crippen molar-refractivity contribution < 1.29 is 0 Å². The SMILES string of the molecule is Cc1ccc(N2CC(C)NC(C)(C)C2)cc1.